The second-order valence-electron chi connectivity index (χ2n) is 8.76. The summed E-state index contributed by atoms with van der Waals surface area (Å²) in [6.45, 7) is 3.59. The lowest BCUT2D eigenvalue weighted by Crippen LogP contribution is -2.46. The van der Waals surface area contributed by atoms with Crippen LogP contribution in [0.3, 0.4) is 0 Å². The Kier molecular flexibility index (Phi) is 8.67. The summed E-state index contributed by atoms with van der Waals surface area (Å²) >= 11 is 0. The van der Waals surface area contributed by atoms with Crippen LogP contribution in [0.2, 0.25) is 0 Å². The average molecular weight is 473 g/mol. The molecule has 0 radical (unpaired) electrons. The van der Waals surface area contributed by atoms with Gasteiger partial charge in [0.05, 0.1) is 5.39 Å². The van der Waals surface area contributed by atoms with Gasteiger partial charge in [0.2, 0.25) is 5.91 Å². The normalized spacial score (nSPS) is 13.7. The molecule has 34 heavy (non-hydrogen) atoms. The molecule has 1 aliphatic rings. The first-order valence-electron chi connectivity index (χ1n) is 11.8. The van der Waals surface area contributed by atoms with E-state index in [1.165, 1.54) is 0 Å². The van der Waals surface area contributed by atoms with Gasteiger partial charge in [0.15, 0.2) is 6.61 Å². The Morgan fingerprint density at radius 1 is 1.12 bits per heavy atom. The van der Waals surface area contributed by atoms with E-state index in [1.807, 2.05) is 13.0 Å². The number of aliphatic carboxylic acids is 1. The number of rotatable bonds is 11. The number of benzene rings is 1. The first kappa shape index (κ1) is 25.3. The minimum absolute atomic E-state index is 0.117. The molecule has 1 atom stereocenters. The van der Waals surface area contributed by atoms with E-state index in [0.29, 0.717) is 49.1 Å². The van der Waals surface area contributed by atoms with Crippen LogP contribution in [0, 0.1) is 6.92 Å². The Balaban J connectivity index is 1.56. The highest BCUT2D eigenvalue weighted by Crippen LogP contribution is 2.34. The Hall–Kier alpha value is -3.36. The highest BCUT2D eigenvalue weighted by molar-refractivity contribution is 5.90. The number of carboxylic acids is 1. The lowest BCUT2D eigenvalue weighted by atomic mass is 9.90. The maximum Gasteiger partial charge on any atom is 0.339 e. The van der Waals surface area contributed by atoms with Gasteiger partial charge in [0.25, 0.3) is 5.91 Å². The molecule has 0 aliphatic heterocycles. The third-order valence-corrected chi connectivity index (χ3v) is 5.93. The van der Waals surface area contributed by atoms with E-state index >= 15 is 0 Å². The summed E-state index contributed by atoms with van der Waals surface area (Å²) in [5.41, 5.74) is 2.61. The van der Waals surface area contributed by atoms with Crippen LogP contribution in [-0.4, -0.2) is 42.1 Å². The van der Waals surface area contributed by atoms with Gasteiger partial charge in [0.1, 0.15) is 17.4 Å². The Labute approximate surface area is 197 Å². The zero-order valence-electron chi connectivity index (χ0n) is 19.7. The smallest absolute Gasteiger partial charge is 0.339 e. The van der Waals surface area contributed by atoms with Crippen molar-refractivity contribution in [1.29, 1.82) is 0 Å². The summed E-state index contributed by atoms with van der Waals surface area (Å²) in [6, 6.07) is 2.88. The van der Waals surface area contributed by atoms with Crippen molar-refractivity contribution in [2.45, 2.75) is 71.3 Å². The van der Waals surface area contributed by atoms with E-state index in [9.17, 15) is 19.2 Å². The summed E-state index contributed by atoms with van der Waals surface area (Å²) in [6.07, 6.45) is 5.41. The van der Waals surface area contributed by atoms with E-state index in [4.69, 9.17) is 14.3 Å². The van der Waals surface area contributed by atoms with Crippen molar-refractivity contribution in [3.05, 3.63) is 39.2 Å². The van der Waals surface area contributed by atoms with Gasteiger partial charge in [-0.05, 0) is 75.6 Å². The lowest BCUT2D eigenvalue weighted by molar-refractivity contribution is -0.137. The number of ether oxygens (including phenoxy) is 1. The molecule has 1 unspecified atom stereocenters. The molecule has 9 heteroatoms. The molecule has 1 aromatic heterocycles. The summed E-state index contributed by atoms with van der Waals surface area (Å²) in [7, 11) is 0. The van der Waals surface area contributed by atoms with Crippen LogP contribution >= 0.6 is 0 Å². The number of hydrogen-bond acceptors (Lipinski definition) is 6. The highest BCUT2D eigenvalue weighted by Gasteiger charge is 2.22. The molecule has 0 saturated heterocycles. The molecule has 1 heterocycles. The van der Waals surface area contributed by atoms with Crippen LogP contribution in [0.15, 0.2) is 21.3 Å². The third kappa shape index (κ3) is 6.59. The van der Waals surface area contributed by atoms with E-state index in [1.54, 1.807) is 13.0 Å². The quantitative estimate of drug-likeness (QED) is 0.338. The molecule has 0 spiro atoms. The molecule has 184 valence electrons. The standard InChI is InChI=1S/C25H32N2O7/c1-15-12-19(23-17-8-5-6-9-18(17)25(32)34-20(23)13-15)33-14-21(28)27-16(2)24(31)26-11-7-3-4-10-22(29)30/h12-13,16H,3-11,14H2,1-2H3,(H,26,31)(H,27,28)(H,29,30). The minimum Gasteiger partial charge on any atom is -0.483 e. The van der Waals surface area contributed by atoms with Gasteiger partial charge in [-0.3, -0.25) is 14.4 Å². The summed E-state index contributed by atoms with van der Waals surface area (Å²) in [4.78, 5) is 47.5. The predicted octanol–water partition coefficient (Wildman–Crippen LogP) is 2.62. The molecule has 0 saturated carbocycles. The van der Waals surface area contributed by atoms with Crippen molar-refractivity contribution < 1.29 is 28.6 Å². The first-order chi connectivity index (χ1) is 16.3. The van der Waals surface area contributed by atoms with Gasteiger partial charge in [-0.1, -0.05) is 6.42 Å². The minimum atomic E-state index is -0.828. The van der Waals surface area contributed by atoms with Crippen molar-refractivity contribution in [2.75, 3.05) is 13.2 Å². The number of carboxylic acid groups (broad SMARTS) is 1. The first-order valence-corrected chi connectivity index (χ1v) is 11.8. The second kappa shape index (κ2) is 11.7. The Bertz CT molecular complexity index is 1120. The molecule has 2 amide bonds. The number of hydrogen-bond donors (Lipinski definition) is 3. The van der Waals surface area contributed by atoms with E-state index in [0.717, 1.165) is 35.8 Å². The van der Waals surface area contributed by atoms with Crippen molar-refractivity contribution in [3.8, 4) is 5.75 Å². The molecular formula is C25H32N2O7. The maximum absolute atomic E-state index is 12.4. The molecule has 2 aromatic rings. The zero-order chi connectivity index (χ0) is 24.7. The van der Waals surface area contributed by atoms with Crippen LogP contribution < -0.4 is 21.0 Å². The molecule has 0 fully saturated rings. The molecular weight excluding hydrogens is 440 g/mol. The lowest BCUT2D eigenvalue weighted by Gasteiger charge is -2.19. The highest BCUT2D eigenvalue weighted by atomic mass is 16.5. The Morgan fingerprint density at radius 2 is 1.85 bits per heavy atom. The topological polar surface area (TPSA) is 135 Å². The number of carbonyl (C=O) groups is 3. The van der Waals surface area contributed by atoms with Crippen LogP contribution in [0.4, 0.5) is 0 Å². The number of carbonyl (C=O) groups excluding carboxylic acids is 2. The van der Waals surface area contributed by atoms with Crippen LogP contribution in [-0.2, 0) is 27.2 Å². The molecule has 1 aromatic carbocycles. The van der Waals surface area contributed by atoms with Crippen LogP contribution in [0.25, 0.3) is 11.0 Å². The van der Waals surface area contributed by atoms with Crippen molar-refractivity contribution >= 4 is 28.8 Å². The monoisotopic (exact) mass is 472 g/mol. The molecule has 3 rings (SSSR count). The SMILES string of the molecule is Cc1cc(OCC(=O)NC(C)C(=O)NCCCCCC(=O)O)c2c3c(c(=O)oc2c1)CCCC3. The third-order valence-electron chi connectivity index (χ3n) is 5.93. The van der Waals surface area contributed by atoms with E-state index < -0.39 is 17.9 Å². The van der Waals surface area contributed by atoms with Crippen molar-refractivity contribution in [2.24, 2.45) is 0 Å². The fourth-order valence-electron chi connectivity index (χ4n) is 4.22. The number of amides is 2. The zero-order valence-corrected chi connectivity index (χ0v) is 19.7. The molecule has 0 bridgehead atoms. The summed E-state index contributed by atoms with van der Waals surface area (Å²) in [5.74, 6) is -1.09. The van der Waals surface area contributed by atoms with Gasteiger partial charge in [-0.15, -0.1) is 0 Å². The van der Waals surface area contributed by atoms with Crippen molar-refractivity contribution in [3.63, 3.8) is 0 Å². The number of fused-ring (bicyclic) bond motifs is 3. The van der Waals surface area contributed by atoms with E-state index in [-0.39, 0.29) is 24.6 Å². The fraction of sp³-hybridized carbons (Fsp3) is 0.520. The number of unbranched alkanes of at least 4 members (excludes halogenated alkanes) is 2. The molecule has 3 N–H and O–H groups in total. The Morgan fingerprint density at radius 3 is 2.59 bits per heavy atom. The van der Waals surface area contributed by atoms with Crippen molar-refractivity contribution in [1.82, 2.24) is 10.6 Å². The number of nitrogens with one attached hydrogen (secondary N) is 2. The summed E-state index contributed by atoms with van der Waals surface area (Å²) in [5, 5.41) is 14.7. The molecule has 1 aliphatic carbocycles. The summed E-state index contributed by atoms with van der Waals surface area (Å²) < 4.78 is 11.4. The van der Waals surface area contributed by atoms with Gasteiger partial charge in [0, 0.05) is 18.5 Å². The van der Waals surface area contributed by atoms with Crippen LogP contribution in [0.1, 0.15) is 62.1 Å². The van der Waals surface area contributed by atoms with Crippen LogP contribution in [0.5, 0.6) is 5.75 Å². The average Bonchev–Trinajstić information content (AvgIpc) is 2.79. The molecule has 9 nitrogen and oxygen atoms in total. The largest absolute Gasteiger partial charge is 0.483 e. The fourth-order valence-corrected chi connectivity index (χ4v) is 4.22. The predicted molar refractivity (Wildman–Crippen MR) is 126 cm³/mol. The van der Waals surface area contributed by atoms with E-state index in [2.05, 4.69) is 10.6 Å². The van der Waals surface area contributed by atoms with Gasteiger partial charge in [-0.25, -0.2) is 4.79 Å². The maximum atomic E-state index is 12.4. The van der Waals surface area contributed by atoms with Gasteiger partial charge < -0.3 is 24.9 Å². The van der Waals surface area contributed by atoms with Gasteiger partial charge in [-0.2, -0.15) is 0 Å². The van der Waals surface area contributed by atoms with Gasteiger partial charge >= 0.3 is 11.6 Å². The number of aryl methyl sites for hydroxylation is 2. The second-order valence-corrected chi connectivity index (χ2v) is 8.76.